The summed E-state index contributed by atoms with van der Waals surface area (Å²) in [6, 6.07) is 4.74. The maximum absolute atomic E-state index is 12.2. The number of rotatable bonds is 4. The topological polar surface area (TPSA) is 105 Å². The molecule has 8 heteroatoms. The minimum Gasteiger partial charge on any atom is -0.325 e. The van der Waals surface area contributed by atoms with Crippen molar-refractivity contribution in [3.05, 3.63) is 23.8 Å². The Morgan fingerprint density at radius 3 is 2.86 bits per heavy atom. The molecule has 0 bridgehead atoms. The molecule has 1 aliphatic heterocycles. The van der Waals surface area contributed by atoms with Crippen molar-refractivity contribution in [1.82, 2.24) is 10.2 Å². The molecule has 1 heterocycles. The van der Waals surface area contributed by atoms with Crippen LogP contribution in [0.4, 0.5) is 5.69 Å². The fraction of sp³-hybridized carbons (Fsp3) is 0.500. The number of sulfonamides is 1. The highest BCUT2D eigenvalue weighted by atomic mass is 32.2. The lowest BCUT2D eigenvalue weighted by atomic mass is 10.2. The standard InChI is InChI=1S/C14H22N4O3S/c1-10-3-4-12(22(15,20)21)7-13(10)17-14(19)9-18-6-5-16-8-11(18)2/h3-4,7,11,16H,5-6,8-9H2,1-2H3,(H,17,19)(H2,15,20,21)/t11-/m0/s1. The van der Waals surface area contributed by atoms with Crippen molar-refractivity contribution in [2.75, 3.05) is 31.5 Å². The van der Waals surface area contributed by atoms with Crippen molar-refractivity contribution < 1.29 is 13.2 Å². The number of nitrogens with one attached hydrogen (secondary N) is 2. The molecule has 0 unspecified atom stereocenters. The van der Waals surface area contributed by atoms with Crippen molar-refractivity contribution >= 4 is 21.6 Å². The number of aryl methyl sites for hydroxylation is 1. The van der Waals surface area contributed by atoms with Gasteiger partial charge in [-0.2, -0.15) is 0 Å². The number of nitrogens with two attached hydrogens (primary N) is 1. The number of benzene rings is 1. The zero-order chi connectivity index (χ0) is 16.3. The number of amides is 1. The van der Waals surface area contributed by atoms with Crippen LogP contribution in [-0.4, -0.2) is 51.4 Å². The normalized spacial score (nSPS) is 19.9. The van der Waals surface area contributed by atoms with E-state index in [0.717, 1.165) is 25.2 Å². The zero-order valence-corrected chi connectivity index (χ0v) is 13.6. The molecular weight excluding hydrogens is 304 g/mol. The Morgan fingerprint density at radius 2 is 2.23 bits per heavy atom. The Balaban J connectivity index is 2.08. The van der Waals surface area contributed by atoms with Gasteiger partial charge in [0.05, 0.1) is 11.4 Å². The summed E-state index contributed by atoms with van der Waals surface area (Å²) in [5.74, 6) is -0.164. The predicted octanol–water partition coefficient (Wildman–Crippen LogP) is -0.125. The summed E-state index contributed by atoms with van der Waals surface area (Å²) in [4.78, 5) is 14.3. The van der Waals surface area contributed by atoms with Gasteiger partial charge < -0.3 is 10.6 Å². The number of anilines is 1. The molecule has 1 fully saturated rings. The Morgan fingerprint density at radius 1 is 1.50 bits per heavy atom. The monoisotopic (exact) mass is 326 g/mol. The maximum Gasteiger partial charge on any atom is 0.238 e. The molecule has 1 aromatic rings. The van der Waals surface area contributed by atoms with Crippen molar-refractivity contribution in [2.24, 2.45) is 5.14 Å². The van der Waals surface area contributed by atoms with Gasteiger partial charge in [0.2, 0.25) is 15.9 Å². The first-order valence-electron chi connectivity index (χ1n) is 7.15. The third-order valence-electron chi connectivity index (χ3n) is 3.80. The van der Waals surface area contributed by atoms with Crippen LogP contribution in [0.5, 0.6) is 0 Å². The van der Waals surface area contributed by atoms with Crippen molar-refractivity contribution in [2.45, 2.75) is 24.8 Å². The molecule has 2 rings (SSSR count). The highest BCUT2D eigenvalue weighted by molar-refractivity contribution is 7.89. The Hall–Kier alpha value is -1.48. The van der Waals surface area contributed by atoms with E-state index in [1.54, 1.807) is 13.0 Å². The van der Waals surface area contributed by atoms with Crippen LogP contribution in [0, 0.1) is 6.92 Å². The summed E-state index contributed by atoms with van der Waals surface area (Å²) in [7, 11) is -3.78. The van der Waals surface area contributed by atoms with E-state index in [-0.39, 0.29) is 23.4 Å². The Kier molecular flexibility index (Phi) is 5.17. The molecule has 0 aliphatic carbocycles. The van der Waals surface area contributed by atoms with E-state index in [9.17, 15) is 13.2 Å². The second kappa shape index (κ2) is 6.74. The van der Waals surface area contributed by atoms with Crippen LogP contribution < -0.4 is 15.8 Å². The molecule has 0 spiro atoms. The molecule has 7 nitrogen and oxygen atoms in total. The lowest BCUT2D eigenvalue weighted by Crippen LogP contribution is -2.52. The van der Waals surface area contributed by atoms with Crippen LogP contribution in [0.2, 0.25) is 0 Å². The second-order valence-electron chi connectivity index (χ2n) is 5.59. The molecule has 0 aromatic heterocycles. The molecule has 1 aliphatic rings. The van der Waals surface area contributed by atoms with Gasteiger partial charge in [0.15, 0.2) is 0 Å². The van der Waals surface area contributed by atoms with E-state index in [2.05, 4.69) is 22.5 Å². The molecular formula is C14H22N4O3S. The third kappa shape index (κ3) is 4.26. The number of nitrogens with zero attached hydrogens (tertiary/aromatic N) is 1. The number of carbonyl (C=O) groups is 1. The highest BCUT2D eigenvalue weighted by Crippen LogP contribution is 2.19. The number of piperazine rings is 1. The van der Waals surface area contributed by atoms with Gasteiger partial charge in [0, 0.05) is 31.4 Å². The van der Waals surface area contributed by atoms with Gasteiger partial charge in [0.25, 0.3) is 0 Å². The minimum absolute atomic E-state index is 0.0102. The molecule has 0 saturated carbocycles. The summed E-state index contributed by atoms with van der Waals surface area (Å²) in [6.07, 6.45) is 0. The Labute approximate surface area is 130 Å². The average molecular weight is 326 g/mol. The largest absolute Gasteiger partial charge is 0.325 e. The van der Waals surface area contributed by atoms with E-state index in [4.69, 9.17) is 5.14 Å². The van der Waals surface area contributed by atoms with E-state index < -0.39 is 10.0 Å². The molecule has 4 N–H and O–H groups in total. The maximum atomic E-state index is 12.2. The molecule has 1 saturated heterocycles. The van der Waals surface area contributed by atoms with Gasteiger partial charge in [-0.1, -0.05) is 6.07 Å². The molecule has 0 radical (unpaired) electrons. The number of hydrogen-bond acceptors (Lipinski definition) is 5. The van der Waals surface area contributed by atoms with Crippen molar-refractivity contribution in [1.29, 1.82) is 0 Å². The van der Waals surface area contributed by atoms with Gasteiger partial charge >= 0.3 is 0 Å². The molecule has 1 amide bonds. The quantitative estimate of drug-likeness (QED) is 0.715. The number of primary sulfonamides is 1. The van der Waals surface area contributed by atoms with Crippen LogP contribution in [0.1, 0.15) is 12.5 Å². The van der Waals surface area contributed by atoms with Gasteiger partial charge in [-0.25, -0.2) is 13.6 Å². The van der Waals surface area contributed by atoms with Crippen LogP contribution >= 0.6 is 0 Å². The van der Waals surface area contributed by atoms with Gasteiger partial charge in [-0.05, 0) is 31.5 Å². The predicted molar refractivity (Wildman–Crippen MR) is 85.1 cm³/mol. The number of hydrogen-bond donors (Lipinski definition) is 3. The van der Waals surface area contributed by atoms with Crippen molar-refractivity contribution in [3.8, 4) is 0 Å². The molecule has 22 heavy (non-hydrogen) atoms. The first-order chi connectivity index (χ1) is 10.3. The SMILES string of the molecule is Cc1ccc(S(N)(=O)=O)cc1NC(=O)CN1CCNC[C@@H]1C. The second-order valence-corrected chi connectivity index (χ2v) is 7.15. The van der Waals surface area contributed by atoms with Gasteiger partial charge in [-0.3, -0.25) is 9.69 Å². The van der Waals surface area contributed by atoms with E-state index >= 15 is 0 Å². The van der Waals surface area contributed by atoms with Gasteiger partial charge in [-0.15, -0.1) is 0 Å². The van der Waals surface area contributed by atoms with Crippen LogP contribution in [-0.2, 0) is 14.8 Å². The summed E-state index contributed by atoms with van der Waals surface area (Å²) in [5.41, 5.74) is 1.26. The summed E-state index contributed by atoms with van der Waals surface area (Å²) in [6.45, 7) is 6.67. The summed E-state index contributed by atoms with van der Waals surface area (Å²) in [5, 5.41) is 11.2. The molecule has 122 valence electrons. The lowest BCUT2D eigenvalue weighted by Gasteiger charge is -2.33. The van der Waals surface area contributed by atoms with E-state index in [1.807, 2.05) is 0 Å². The van der Waals surface area contributed by atoms with Crippen LogP contribution in [0.15, 0.2) is 23.1 Å². The fourth-order valence-electron chi connectivity index (χ4n) is 2.40. The first kappa shape index (κ1) is 16.9. The number of carbonyl (C=O) groups excluding carboxylic acids is 1. The third-order valence-corrected chi connectivity index (χ3v) is 4.71. The van der Waals surface area contributed by atoms with Crippen molar-refractivity contribution in [3.63, 3.8) is 0 Å². The highest BCUT2D eigenvalue weighted by Gasteiger charge is 2.20. The lowest BCUT2D eigenvalue weighted by molar-refractivity contribution is -0.118. The zero-order valence-electron chi connectivity index (χ0n) is 12.8. The minimum atomic E-state index is -3.78. The van der Waals surface area contributed by atoms with E-state index in [1.165, 1.54) is 12.1 Å². The summed E-state index contributed by atoms with van der Waals surface area (Å²) >= 11 is 0. The average Bonchev–Trinajstić information content (AvgIpc) is 2.42. The molecule has 1 atom stereocenters. The van der Waals surface area contributed by atoms with Crippen LogP contribution in [0.3, 0.4) is 0 Å². The fourth-order valence-corrected chi connectivity index (χ4v) is 2.94. The molecule has 1 aromatic carbocycles. The first-order valence-corrected chi connectivity index (χ1v) is 8.70. The smallest absolute Gasteiger partial charge is 0.238 e. The summed E-state index contributed by atoms with van der Waals surface area (Å²) < 4.78 is 22.8. The van der Waals surface area contributed by atoms with E-state index in [0.29, 0.717) is 5.69 Å². The van der Waals surface area contributed by atoms with Gasteiger partial charge in [0.1, 0.15) is 0 Å². The van der Waals surface area contributed by atoms with Crippen LogP contribution in [0.25, 0.3) is 0 Å². The Bertz CT molecular complexity index is 660.